The van der Waals surface area contributed by atoms with Gasteiger partial charge in [0, 0.05) is 37.0 Å². The first-order valence-electron chi connectivity index (χ1n) is 11.0. The number of hydrogen-bond donors (Lipinski definition) is 2. The molecule has 2 N–H and O–H groups in total. The largest absolute Gasteiger partial charge is 0.354 e. The smallest absolute Gasteiger partial charge is 0.226 e. The minimum Gasteiger partial charge on any atom is -0.354 e. The van der Waals surface area contributed by atoms with Gasteiger partial charge in [-0.3, -0.25) is 14.4 Å². The number of hydrogen-bond acceptors (Lipinski definition) is 3. The molecule has 5 fully saturated rings. The molecule has 4 aliphatic carbocycles. The average Bonchev–Trinajstić information content (AvgIpc) is 2.99. The van der Waals surface area contributed by atoms with Crippen LogP contribution < -0.4 is 10.6 Å². The van der Waals surface area contributed by atoms with Crippen LogP contribution >= 0.6 is 0 Å². The first-order chi connectivity index (χ1) is 13.2. The summed E-state index contributed by atoms with van der Waals surface area (Å²) < 4.78 is 0. The first kappa shape index (κ1) is 19.7. The molecule has 28 heavy (non-hydrogen) atoms. The highest BCUT2D eigenvalue weighted by Gasteiger charge is 2.54. The van der Waals surface area contributed by atoms with Crippen molar-refractivity contribution >= 4 is 17.7 Å². The van der Waals surface area contributed by atoms with E-state index in [1.807, 2.05) is 20.8 Å². The van der Waals surface area contributed by atoms with Crippen molar-refractivity contribution in [1.82, 2.24) is 15.5 Å². The zero-order valence-electron chi connectivity index (χ0n) is 17.6. The molecule has 1 saturated heterocycles. The summed E-state index contributed by atoms with van der Waals surface area (Å²) in [6.07, 6.45) is 7.44. The lowest BCUT2D eigenvalue weighted by Gasteiger charge is -2.55. The number of carbonyl (C=O) groups excluding carboxylic acids is 3. The van der Waals surface area contributed by atoms with Crippen molar-refractivity contribution in [3.8, 4) is 0 Å². The van der Waals surface area contributed by atoms with E-state index in [-0.39, 0.29) is 41.0 Å². The Bertz CT molecular complexity index is 631. The van der Waals surface area contributed by atoms with Gasteiger partial charge in [-0.2, -0.15) is 0 Å². The second kappa shape index (κ2) is 7.03. The highest BCUT2D eigenvalue weighted by atomic mass is 16.2. The molecule has 4 bridgehead atoms. The van der Waals surface area contributed by atoms with Crippen LogP contribution in [0.5, 0.6) is 0 Å². The van der Waals surface area contributed by atoms with E-state index in [0.29, 0.717) is 19.6 Å². The Morgan fingerprint density at radius 3 is 2.04 bits per heavy atom. The summed E-state index contributed by atoms with van der Waals surface area (Å²) in [6.45, 7) is 7.35. The van der Waals surface area contributed by atoms with Crippen LogP contribution in [0.2, 0.25) is 0 Å². The van der Waals surface area contributed by atoms with Gasteiger partial charge >= 0.3 is 0 Å². The summed E-state index contributed by atoms with van der Waals surface area (Å²) in [5, 5.41) is 6.01. The fourth-order valence-corrected chi connectivity index (χ4v) is 6.61. The molecule has 0 radical (unpaired) electrons. The van der Waals surface area contributed by atoms with Crippen LogP contribution in [0.25, 0.3) is 0 Å². The van der Waals surface area contributed by atoms with Gasteiger partial charge in [0.15, 0.2) is 0 Å². The minimum absolute atomic E-state index is 0.0442. The Morgan fingerprint density at radius 1 is 1.00 bits per heavy atom. The molecule has 1 heterocycles. The molecule has 4 saturated carbocycles. The van der Waals surface area contributed by atoms with Crippen molar-refractivity contribution < 1.29 is 14.4 Å². The predicted octanol–water partition coefficient (Wildman–Crippen LogP) is 2.08. The topological polar surface area (TPSA) is 78.5 Å². The maximum atomic E-state index is 12.9. The van der Waals surface area contributed by atoms with Gasteiger partial charge < -0.3 is 15.5 Å². The van der Waals surface area contributed by atoms with Gasteiger partial charge in [-0.15, -0.1) is 0 Å². The zero-order chi connectivity index (χ0) is 20.1. The molecule has 6 nitrogen and oxygen atoms in total. The van der Waals surface area contributed by atoms with Crippen LogP contribution in [0, 0.1) is 29.1 Å². The maximum absolute atomic E-state index is 12.9. The highest BCUT2D eigenvalue weighted by Crippen LogP contribution is 2.60. The van der Waals surface area contributed by atoms with Crippen molar-refractivity contribution in [3.63, 3.8) is 0 Å². The summed E-state index contributed by atoms with van der Waals surface area (Å²) in [7, 11) is 0. The molecule has 3 amide bonds. The van der Waals surface area contributed by atoms with E-state index in [1.54, 1.807) is 4.90 Å². The third kappa shape index (κ3) is 3.67. The molecule has 0 aromatic carbocycles. The molecule has 1 aliphatic heterocycles. The number of amides is 3. The minimum atomic E-state index is -0.287. The van der Waals surface area contributed by atoms with Gasteiger partial charge in [0.2, 0.25) is 17.7 Å². The molecular formula is C22H35N3O3. The molecule has 6 heteroatoms. The van der Waals surface area contributed by atoms with Gasteiger partial charge in [0.25, 0.3) is 0 Å². The number of rotatable bonds is 5. The summed E-state index contributed by atoms with van der Waals surface area (Å²) in [4.78, 5) is 39.3. The van der Waals surface area contributed by atoms with E-state index in [0.717, 1.165) is 37.0 Å². The molecule has 1 unspecified atom stereocenters. The molecule has 156 valence electrons. The van der Waals surface area contributed by atoms with Crippen molar-refractivity contribution in [2.24, 2.45) is 29.1 Å². The zero-order valence-corrected chi connectivity index (χ0v) is 17.6. The van der Waals surface area contributed by atoms with E-state index in [9.17, 15) is 14.4 Å². The Morgan fingerprint density at radius 2 is 1.54 bits per heavy atom. The quantitative estimate of drug-likeness (QED) is 0.707. The standard InChI is InChI=1S/C22H35N3O3/c1-21(2,3)25-13-17(9-18(25)26)19(27)23-4-5-24-20(28)22-10-14-6-15(11-22)8-16(7-14)12-22/h14-17H,4-13H2,1-3H3,(H,23,27)(H,24,28). The monoisotopic (exact) mass is 389 g/mol. The van der Waals surface area contributed by atoms with E-state index in [4.69, 9.17) is 0 Å². The van der Waals surface area contributed by atoms with Gasteiger partial charge in [0.1, 0.15) is 0 Å². The number of nitrogens with zero attached hydrogens (tertiary/aromatic N) is 1. The molecule has 0 aromatic heterocycles. The summed E-state index contributed by atoms with van der Waals surface area (Å²) >= 11 is 0. The van der Waals surface area contributed by atoms with Crippen molar-refractivity contribution in [3.05, 3.63) is 0 Å². The van der Waals surface area contributed by atoms with E-state index >= 15 is 0 Å². The fraction of sp³-hybridized carbons (Fsp3) is 0.864. The van der Waals surface area contributed by atoms with E-state index in [1.165, 1.54) is 19.3 Å². The fourth-order valence-electron chi connectivity index (χ4n) is 6.61. The number of carbonyl (C=O) groups is 3. The first-order valence-corrected chi connectivity index (χ1v) is 11.0. The molecule has 5 rings (SSSR count). The van der Waals surface area contributed by atoms with Gasteiger partial charge in [-0.05, 0) is 77.0 Å². The third-order valence-electron chi connectivity index (χ3n) is 7.54. The number of likely N-dealkylation sites (tertiary alicyclic amines) is 1. The van der Waals surface area contributed by atoms with Crippen molar-refractivity contribution in [2.45, 2.75) is 71.3 Å². The number of nitrogens with one attached hydrogen (secondary N) is 2. The maximum Gasteiger partial charge on any atom is 0.226 e. The second-order valence-corrected chi connectivity index (χ2v) is 10.8. The van der Waals surface area contributed by atoms with Gasteiger partial charge in [-0.1, -0.05) is 0 Å². The van der Waals surface area contributed by atoms with Crippen LogP contribution in [0.3, 0.4) is 0 Å². The Balaban J connectivity index is 1.22. The normalized spacial score (nSPS) is 36.7. The molecule has 5 aliphatic rings. The molecule has 0 spiro atoms. The van der Waals surface area contributed by atoms with Crippen LogP contribution in [0.4, 0.5) is 0 Å². The van der Waals surface area contributed by atoms with Crippen LogP contribution in [-0.2, 0) is 14.4 Å². The Hall–Kier alpha value is -1.59. The average molecular weight is 390 g/mol. The lowest BCUT2D eigenvalue weighted by atomic mass is 9.49. The van der Waals surface area contributed by atoms with Crippen molar-refractivity contribution in [2.75, 3.05) is 19.6 Å². The third-order valence-corrected chi connectivity index (χ3v) is 7.54. The van der Waals surface area contributed by atoms with Crippen LogP contribution in [-0.4, -0.2) is 47.8 Å². The second-order valence-electron chi connectivity index (χ2n) is 10.8. The molecule has 0 aromatic rings. The predicted molar refractivity (Wildman–Crippen MR) is 106 cm³/mol. The van der Waals surface area contributed by atoms with Crippen molar-refractivity contribution in [1.29, 1.82) is 0 Å². The molecular weight excluding hydrogens is 354 g/mol. The van der Waals surface area contributed by atoms with Gasteiger partial charge in [-0.25, -0.2) is 0 Å². The Kier molecular flexibility index (Phi) is 4.95. The summed E-state index contributed by atoms with van der Waals surface area (Å²) in [6, 6.07) is 0. The van der Waals surface area contributed by atoms with Crippen LogP contribution in [0.1, 0.15) is 65.7 Å². The lowest BCUT2D eigenvalue weighted by Crippen LogP contribution is -2.54. The molecule has 1 atom stereocenters. The van der Waals surface area contributed by atoms with Crippen LogP contribution in [0.15, 0.2) is 0 Å². The summed E-state index contributed by atoms with van der Waals surface area (Å²) in [5.74, 6) is 2.14. The van der Waals surface area contributed by atoms with E-state index < -0.39 is 0 Å². The van der Waals surface area contributed by atoms with E-state index in [2.05, 4.69) is 10.6 Å². The highest BCUT2D eigenvalue weighted by molar-refractivity contribution is 5.89. The SMILES string of the molecule is CC(C)(C)N1CC(C(=O)NCCNC(=O)C23CC4CC(CC(C4)C2)C3)CC1=O. The Labute approximate surface area is 168 Å². The lowest BCUT2D eigenvalue weighted by molar-refractivity contribution is -0.146. The van der Waals surface area contributed by atoms with Gasteiger partial charge in [0.05, 0.1) is 5.92 Å². The summed E-state index contributed by atoms with van der Waals surface area (Å²) in [5.41, 5.74) is -0.387.